The Morgan fingerprint density at radius 3 is 1.78 bits per heavy atom. The summed E-state index contributed by atoms with van der Waals surface area (Å²) in [6.45, 7) is 4.81. The molecule has 1 aliphatic rings. The molecule has 0 unspecified atom stereocenters. The van der Waals surface area contributed by atoms with Gasteiger partial charge in [-0.2, -0.15) is 0 Å². The Bertz CT molecular complexity index is 693. The average Bonchev–Trinajstić information content (AvgIpc) is 3.07. The largest absolute Gasteiger partial charge is 0.461 e. The fraction of sp³-hybridized carbons (Fsp3) is 0.500. The number of esters is 2. The quantitative estimate of drug-likeness (QED) is 0.730. The number of fused-ring (bicyclic) bond motifs is 2. The predicted molar refractivity (Wildman–Crippen MR) is 76.1 cm³/mol. The Kier molecular flexibility index (Phi) is 4.28. The molecule has 3 heterocycles. The third-order valence-corrected chi connectivity index (χ3v) is 4.23. The third kappa shape index (κ3) is 2.79. The molecule has 0 spiro atoms. The van der Waals surface area contributed by atoms with Crippen LogP contribution < -0.4 is 0 Å². The molecule has 1 aliphatic heterocycles. The molecule has 3 rings (SSSR count). The maximum absolute atomic E-state index is 12.0. The normalized spacial score (nSPS) is 13.0. The predicted octanol–water partition coefficient (Wildman–Crippen LogP) is 0.388. The van der Waals surface area contributed by atoms with Gasteiger partial charge >= 0.3 is 11.9 Å². The molecule has 0 aromatic carbocycles. The molecule has 0 N–H and O–H groups in total. The number of hydrogen-bond acceptors (Lipinski definition) is 9. The molecule has 10 nitrogen and oxygen atoms in total. The number of carbonyl (C=O) groups is 2. The molecule has 0 atom stereocenters. The van der Waals surface area contributed by atoms with Gasteiger partial charge in [0.15, 0.2) is 0 Å². The number of ether oxygens (including phenoxy) is 2. The molecular weight excluding hydrogens is 324 g/mol. The maximum atomic E-state index is 12.0. The van der Waals surface area contributed by atoms with Crippen molar-refractivity contribution in [1.82, 2.24) is 30.0 Å². The van der Waals surface area contributed by atoms with Gasteiger partial charge < -0.3 is 9.47 Å². The Hall–Kier alpha value is -2.43. The summed E-state index contributed by atoms with van der Waals surface area (Å²) in [5, 5.41) is 16.7. The van der Waals surface area contributed by atoms with Gasteiger partial charge in [0.25, 0.3) is 0 Å². The lowest BCUT2D eigenvalue weighted by Crippen LogP contribution is -2.09. The van der Waals surface area contributed by atoms with E-state index in [4.69, 9.17) is 9.47 Å². The van der Waals surface area contributed by atoms with Crippen LogP contribution in [0.1, 0.15) is 34.8 Å². The molecule has 2 aromatic heterocycles. The van der Waals surface area contributed by atoms with Crippen LogP contribution in [0.2, 0.25) is 0 Å². The summed E-state index contributed by atoms with van der Waals surface area (Å²) in [5.41, 5.74) is 0.225. The summed E-state index contributed by atoms with van der Waals surface area (Å²) >= 11 is 1.15. The molecule has 0 amide bonds. The van der Waals surface area contributed by atoms with Gasteiger partial charge in [-0.05, 0) is 25.6 Å². The number of rotatable bonds is 4. The van der Waals surface area contributed by atoms with Crippen LogP contribution in [0, 0.1) is 0 Å². The van der Waals surface area contributed by atoms with E-state index in [1.54, 1.807) is 23.2 Å². The number of aryl methyl sites for hydroxylation is 2. The molecule has 0 radical (unpaired) electrons. The Balaban J connectivity index is 1.98. The van der Waals surface area contributed by atoms with Crippen LogP contribution >= 0.6 is 11.8 Å². The van der Waals surface area contributed by atoms with E-state index < -0.39 is 11.9 Å². The summed E-state index contributed by atoms with van der Waals surface area (Å²) in [5.74, 6) is -1.11. The van der Waals surface area contributed by atoms with Crippen LogP contribution in [0.25, 0.3) is 0 Å². The van der Waals surface area contributed by atoms with E-state index >= 15 is 0 Å². The molecule has 23 heavy (non-hydrogen) atoms. The summed E-state index contributed by atoms with van der Waals surface area (Å²) in [4.78, 5) is 24.0. The fourth-order valence-electron chi connectivity index (χ4n) is 2.04. The monoisotopic (exact) mass is 338 g/mol. The van der Waals surface area contributed by atoms with Crippen molar-refractivity contribution in [2.45, 2.75) is 37.0 Å². The fourth-order valence-corrected chi connectivity index (χ4v) is 3.13. The van der Waals surface area contributed by atoms with Crippen LogP contribution in [0.4, 0.5) is 0 Å². The minimum Gasteiger partial charge on any atom is -0.461 e. The second-order valence-electron chi connectivity index (χ2n) is 4.48. The summed E-state index contributed by atoms with van der Waals surface area (Å²) in [7, 11) is 0. The molecule has 11 heteroatoms. The number of aromatic nitrogens is 6. The molecule has 0 saturated heterocycles. The van der Waals surface area contributed by atoms with Gasteiger partial charge in [0.2, 0.25) is 11.4 Å². The molecule has 0 aliphatic carbocycles. The van der Waals surface area contributed by atoms with Crippen molar-refractivity contribution in [1.29, 1.82) is 0 Å². The van der Waals surface area contributed by atoms with E-state index in [2.05, 4.69) is 20.6 Å². The smallest absolute Gasteiger partial charge is 0.361 e. The van der Waals surface area contributed by atoms with Gasteiger partial charge in [-0.15, -0.1) is 10.2 Å². The number of hydrogen-bond donors (Lipinski definition) is 0. The van der Waals surface area contributed by atoms with Crippen molar-refractivity contribution in [3.63, 3.8) is 0 Å². The highest BCUT2D eigenvalue weighted by atomic mass is 32.2. The number of nitrogens with zero attached hydrogens (tertiary/aromatic N) is 6. The van der Waals surface area contributed by atoms with E-state index in [1.807, 2.05) is 0 Å². The first kappa shape index (κ1) is 15.5. The summed E-state index contributed by atoms with van der Waals surface area (Å²) in [6.07, 6.45) is 0. The molecular formula is C12H14N6O4S. The van der Waals surface area contributed by atoms with Gasteiger partial charge in [0.05, 0.1) is 26.3 Å². The van der Waals surface area contributed by atoms with Gasteiger partial charge in [-0.1, -0.05) is 10.4 Å². The molecule has 0 fully saturated rings. The lowest BCUT2D eigenvalue weighted by atomic mass is 10.5. The van der Waals surface area contributed by atoms with Crippen LogP contribution in [0.15, 0.2) is 10.1 Å². The molecule has 2 aromatic rings. The summed E-state index contributed by atoms with van der Waals surface area (Å²) in [6, 6.07) is 0. The van der Waals surface area contributed by atoms with Gasteiger partial charge in [-0.3, -0.25) is 0 Å². The van der Waals surface area contributed by atoms with E-state index in [0.29, 0.717) is 23.1 Å². The first-order chi connectivity index (χ1) is 11.2. The summed E-state index contributed by atoms with van der Waals surface area (Å²) < 4.78 is 13.1. The second kappa shape index (κ2) is 6.36. The highest BCUT2D eigenvalue weighted by Crippen LogP contribution is 2.34. The Labute approximate surface area is 135 Å². The van der Waals surface area contributed by atoms with E-state index in [0.717, 1.165) is 11.8 Å². The first-order valence-corrected chi connectivity index (χ1v) is 7.86. The maximum Gasteiger partial charge on any atom is 0.361 e. The van der Waals surface area contributed by atoms with Gasteiger partial charge in [0, 0.05) is 0 Å². The molecule has 122 valence electrons. The van der Waals surface area contributed by atoms with Crippen molar-refractivity contribution in [3.05, 3.63) is 11.4 Å². The van der Waals surface area contributed by atoms with E-state index in [-0.39, 0.29) is 24.6 Å². The highest BCUT2D eigenvalue weighted by Gasteiger charge is 2.30. The van der Waals surface area contributed by atoms with Crippen LogP contribution in [-0.2, 0) is 22.6 Å². The second-order valence-corrected chi connectivity index (χ2v) is 5.45. The minimum absolute atomic E-state index is 0.112. The van der Waals surface area contributed by atoms with Crippen molar-refractivity contribution in [2.75, 3.05) is 13.2 Å². The zero-order valence-electron chi connectivity index (χ0n) is 12.6. The third-order valence-electron chi connectivity index (χ3n) is 3.03. The van der Waals surface area contributed by atoms with Crippen molar-refractivity contribution in [3.8, 4) is 0 Å². The standard InChI is InChI=1S/C12H14N6O4S/c1-3-21-11(19)7-9-17(15-13-7)5-6-18-10(23-9)8(14-16-18)12(20)22-4-2/h3-6H2,1-2H3. The molecule has 0 bridgehead atoms. The van der Waals surface area contributed by atoms with Crippen molar-refractivity contribution < 1.29 is 19.1 Å². The Morgan fingerprint density at radius 1 is 0.957 bits per heavy atom. The lowest BCUT2D eigenvalue weighted by molar-refractivity contribution is 0.0506. The van der Waals surface area contributed by atoms with Crippen molar-refractivity contribution >= 4 is 23.7 Å². The van der Waals surface area contributed by atoms with Crippen LogP contribution in [0.5, 0.6) is 0 Å². The zero-order valence-corrected chi connectivity index (χ0v) is 13.4. The first-order valence-electron chi connectivity index (χ1n) is 7.04. The van der Waals surface area contributed by atoms with Gasteiger partial charge in [-0.25, -0.2) is 19.0 Å². The minimum atomic E-state index is -0.556. The number of carbonyl (C=O) groups excluding carboxylic acids is 2. The van der Waals surface area contributed by atoms with Crippen molar-refractivity contribution in [2.24, 2.45) is 0 Å². The topological polar surface area (TPSA) is 114 Å². The Morgan fingerprint density at radius 2 is 1.39 bits per heavy atom. The van der Waals surface area contributed by atoms with Crippen LogP contribution in [0.3, 0.4) is 0 Å². The van der Waals surface area contributed by atoms with E-state index in [9.17, 15) is 9.59 Å². The van der Waals surface area contributed by atoms with Crippen LogP contribution in [-0.4, -0.2) is 55.1 Å². The van der Waals surface area contributed by atoms with Gasteiger partial charge in [0.1, 0.15) is 10.1 Å². The highest BCUT2D eigenvalue weighted by molar-refractivity contribution is 7.99. The SMILES string of the molecule is CCOC(=O)c1nnn2c1Sc1c(C(=O)OCC)nnn1CC2. The zero-order chi connectivity index (χ0) is 16.4. The van der Waals surface area contributed by atoms with E-state index in [1.165, 1.54) is 0 Å². The molecule has 0 saturated carbocycles. The average molecular weight is 338 g/mol. The lowest BCUT2D eigenvalue weighted by Gasteiger charge is -2.03.